The zero-order chi connectivity index (χ0) is 20.7. The molecule has 2 aromatic carbocycles. The number of carbonyl (C=O) groups is 2. The molecule has 28 heavy (non-hydrogen) atoms. The van der Waals surface area contributed by atoms with E-state index < -0.39 is 23.6 Å². The zero-order valence-electron chi connectivity index (χ0n) is 15.6. The van der Waals surface area contributed by atoms with Gasteiger partial charge in [-0.3, -0.25) is 0 Å². The molecule has 0 radical (unpaired) electrons. The number of methoxy groups -OCH3 is 2. The van der Waals surface area contributed by atoms with Crippen molar-refractivity contribution >= 4 is 23.3 Å². The second kappa shape index (κ2) is 9.68. The van der Waals surface area contributed by atoms with Gasteiger partial charge < -0.3 is 20.5 Å². The Bertz CT molecular complexity index is 854. The molecule has 3 rings (SSSR count). The van der Waals surface area contributed by atoms with Gasteiger partial charge in [0.2, 0.25) is 0 Å². The second-order valence-corrected chi connectivity index (χ2v) is 6.18. The Hall–Kier alpha value is -3.16. The normalized spacial score (nSPS) is 12.9. The fraction of sp³-hybridized carbons (Fsp3) is 0.300. The van der Waals surface area contributed by atoms with E-state index in [1.165, 1.54) is 44.9 Å². The predicted octanol–water partition coefficient (Wildman–Crippen LogP) is 3.77. The molecular formula is C20H22F2N2O4. The van der Waals surface area contributed by atoms with Gasteiger partial charge in [0, 0.05) is 17.4 Å². The highest BCUT2D eigenvalue weighted by Crippen LogP contribution is 2.26. The number of rotatable bonds is 4. The van der Waals surface area contributed by atoms with Crippen LogP contribution in [0.5, 0.6) is 0 Å². The van der Waals surface area contributed by atoms with E-state index in [0.717, 1.165) is 18.9 Å². The van der Waals surface area contributed by atoms with E-state index in [1.54, 1.807) is 6.07 Å². The molecule has 1 aliphatic carbocycles. The molecule has 0 spiro atoms. The number of halogens is 2. The highest BCUT2D eigenvalue weighted by atomic mass is 19.1. The maximum Gasteiger partial charge on any atom is 0.340 e. The minimum absolute atomic E-state index is 0.0532. The highest BCUT2D eigenvalue weighted by Gasteiger charge is 2.20. The number of ether oxygens (including phenoxy) is 2. The van der Waals surface area contributed by atoms with E-state index in [2.05, 4.69) is 14.8 Å². The summed E-state index contributed by atoms with van der Waals surface area (Å²) in [7, 11) is 2.51. The van der Waals surface area contributed by atoms with Crippen LogP contribution in [0.2, 0.25) is 0 Å². The molecule has 2 aromatic rings. The SMILES string of the molecule is COC(=O)c1cc(F)ccc1N.COC(=O)c1cc(F)ccc1NC1CCC1. The van der Waals surface area contributed by atoms with Crippen molar-refractivity contribution in [1.29, 1.82) is 0 Å². The van der Waals surface area contributed by atoms with Crippen LogP contribution in [-0.4, -0.2) is 32.2 Å². The molecule has 0 unspecified atom stereocenters. The Morgan fingerprint density at radius 2 is 1.50 bits per heavy atom. The van der Waals surface area contributed by atoms with Crippen LogP contribution in [-0.2, 0) is 9.47 Å². The standard InChI is InChI=1S/C12H14FNO2.C8H8FNO2/c1-16-12(15)10-7-8(13)5-6-11(10)14-9-3-2-4-9;1-12-8(11)6-4-5(9)2-3-7(6)10/h5-7,9,14H,2-4H2,1H3;2-4H,10H2,1H3. The van der Waals surface area contributed by atoms with E-state index in [9.17, 15) is 18.4 Å². The summed E-state index contributed by atoms with van der Waals surface area (Å²) in [6, 6.07) is 8.07. The van der Waals surface area contributed by atoms with Crippen LogP contribution in [0.4, 0.5) is 20.2 Å². The topological polar surface area (TPSA) is 90.7 Å². The van der Waals surface area contributed by atoms with Crippen LogP contribution in [0.3, 0.4) is 0 Å². The van der Waals surface area contributed by atoms with Gasteiger partial charge in [-0.25, -0.2) is 18.4 Å². The summed E-state index contributed by atoms with van der Waals surface area (Å²) in [5.74, 6) is -2.09. The van der Waals surface area contributed by atoms with Gasteiger partial charge in [-0.1, -0.05) is 0 Å². The summed E-state index contributed by atoms with van der Waals surface area (Å²) in [5, 5.41) is 3.22. The fourth-order valence-corrected chi connectivity index (χ4v) is 2.51. The maximum absolute atomic E-state index is 13.0. The lowest BCUT2D eigenvalue weighted by Crippen LogP contribution is -2.28. The van der Waals surface area contributed by atoms with Crippen molar-refractivity contribution < 1.29 is 27.8 Å². The van der Waals surface area contributed by atoms with Crippen molar-refractivity contribution in [2.45, 2.75) is 25.3 Å². The number of anilines is 2. The Balaban J connectivity index is 0.000000209. The number of nitrogens with one attached hydrogen (secondary N) is 1. The average Bonchev–Trinajstić information content (AvgIpc) is 2.66. The van der Waals surface area contributed by atoms with Crippen LogP contribution in [0.15, 0.2) is 36.4 Å². The molecule has 3 N–H and O–H groups in total. The molecule has 0 aromatic heterocycles. The molecule has 8 heteroatoms. The summed E-state index contributed by atoms with van der Waals surface area (Å²) < 4.78 is 34.6. The molecule has 150 valence electrons. The lowest BCUT2D eigenvalue weighted by molar-refractivity contribution is 0.0592. The number of nitrogens with two attached hydrogens (primary N) is 1. The number of benzene rings is 2. The summed E-state index contributed by atoms with van der Waals surface area (Å²) >= 11 is 0. The molecule has 0 heterocycles. The van der Waals surface area contributed by atoms with Crippen LogP contribution < -0.4 is 11.1 Å². The lowest BCUT2D eigenvalue weighted by atomic mass is 9.92. The highest BCUT2D eigenvalue weighted by molar-refractivity contribution is 5.96. The molecule has 0 atom stereocenters. The van der Waals surface area contributed by atoms with Gasteiger partial charge in [0.15, 0.2) is 0 Å². The first-order chi connectivity index (χ1) is 13.3. The number of hydrogen-bond acceptors (Lipinski definition) is 6. The first kappa shape index (κ1) is 21.1. The molecule has 1 fully saturated rings. The number of carbonyl (C=O) groups excluding carboxylic acids is 2. The quantitative estimate of drug-likeness (QED) is 0.608. The van der Waals surface area contributed by atoms with Gasteiger partial charge in [0.1, 0.15) is 11.6 Å². The van der Waals surface area contributed by atoms with Gasteiger partial charge in [-0.15, -0.1) is 0 Å². The zero-order valence-corrected chi connectivity index (χ0v) is 15.6. The molecular weight excluding hydrogens is 370 g/mol. The summed E-state index contributed by atoms with van der Waals surface area (Å²) in [4.78, 5) is 22.4. The number of nitrogen functional groups attached to an aromatic ring is 1. The molecule has 0 bridgehead atoms. The van der Waals surface area contributed by atoms with Crippen molar-refractivity contribution in [3.05, 3.63) is 59.2 Å². The van der Waals surface area contributed by atoms with Crippen LogP contribution >= 0.6 is 0 Å². The van der Waals surface area contributed by atoms with Crippen LogP contribution in [0, 0.1) is 11.6 Å². The number of hydrogen-bond donors (Lipinski definition) is 2. The van der Waals surface area contributed by atoms with E-state index in [-0.39, 0.29) is 16.8 Å². The van der Waals surface area contributed by atoms with Crippen molar-refractivity contribution in [2.24, 2.45) is 0 Å². The average molecular weight is 392 g/mol. The first-order valence-electron chi connectivity index (χ1n) is 8.63. The van der Waals surface area contributed by atoms with Crippen LogP contribution in [0.1, 0.15) is 40.0 Å². The molecule has 0 aliphatic heterocycles. The third-order valence-electron chi connectivity index (χ3n) is 4.27. The molecule has 0 amide bonds. The van der Waals surface area contributed by atoms with E-state index >= 15 is 0 Å². The van der Waals surface area contributed by atoms with Crippen molar-refractivity contribution in [3.8, 4) is 0 Å². The molecule has 6 nitrogen and oxygen atoms in total. The second-order valence-electron chi connectivity index (χ2n) is 6.18. The predicted molar refractivity (Wildman–Crippen MR) is 101 cm³/mol. The summed E-state index contributed by atoms with van der Waals surface area (Å²) in [6.07, 6.45) is 3.39. The smallest absolute Gasteiger partial charge is 0.340 e. The van der Waals surface area contributed by atoms with Gasteiger partial charge in [-0.05, 0) is 55.7 Å². The van der Waals surface area contributed by atoms with Gasteiger partial charge in [0.25, 0.3) is 0 Å². The fourth-order valence-electron chi connectivity index (χ4n) is 2.51. The summed E-state index contributed by atoms with van der Waals surface area (Å²) in [6.45, 7) is 0. The van der Waals surface area contributed by atoms with E-state index in [1.807, 2.05) is 0 Å². The molecule has 1 saturated carbocycles. The Morgan fingerprint density at radius 1 is 0.964 bits per heavy atom. The van der Waals surface area contributed by atoms with Gasteiger partial charge in [0.05, 0.1) is 25.3 Å². The third kappa shape index (κ3) is 5.42. The van der Waals surface area contributed by atoms with Crippen molar-refractivity contribution in [3.63, 3.8) is 0 Å². The monoisotopic (exact) mass is 392 g/mol. The largest absolute Gasteiger partial charge is 0.465 e. The Labute approximate surface area is 161 Å². The third-order valence-corrected chi connectivity index (χ3v) is 4.27. The lowest BCUT2D eigenvalue weighted by Gasteiger charge is -2.28. The Morgan fingerprint density at radius 3 is 2.04 bits per heavy atom. The van der Waals surface area contributed by atoms with E-state index in [4.69, 9.17) is 5.73 Å². The Kier molecular flexibility index (Phi) is 7.31. The maximum atomic E-state index is 13.0. The first-order valence-corrected chi connectivity index (χ1v) is 8.63. The van der Waals surface area contributed by atoms with Gasteiger partial charge >= 0.3 is 11.9 Å². The minimum atomic E-state index is -0.632. The number of esters is 2. The molecule has 1 aliphatic rings. The van der Waals surface area contributed by atoms with Gasteiger partial charge in [-0.2, -0.15) is 0 Å². The van der Waals surface area contributed by atoms with Crippen molar-refractivity contribution in [2.75, 3.05) is 25.3 Å². The molecule has 0 saturated heterocycles. The summed E-state index contributed by atoms with van der Waals surface area (Å²) in [5.41, 5.74) is 6.57. The van der Waals surface area contributed by atoms with Crippen LogP contribution in [0.25, 0.3) is 0 Å². The van der Waals surface area contributed by atoms with Crippen molar-refractivity contribution in [1.82, 2.24) is 0 Å². The minimum Gasteiger partial charge on any atom is -0.465 e. The van der Waals surface area contributed by atoms with E-state index in [0.29, 0.717) is 11.7 Å².